The van der Waals surface area contributed by atoms with Crippen LogP contribution in [0.25, 0.3) is 0 Å². The Morgan fingerprint density at radius 3 is 2.56 bits per heavy atom. The molecule has 18 heavy (non-hydrogen) atoms. The van der Waals surface area contributed by atoms with Crippen molar-refractivity contribution in [3.63, 3.8) is 0 Å². The summed E-state index contributed by atoms with van der Waals surface area (Å²) < 4.78 is 5.83. The van der Waals surface area contributed by atoms with Crippen molar-refractivity contribution >= 4 is 0 Å². The van der Waals surface area contributed by atoms with Crippen LogP contribution in [0, 0.1) is 0 Å². The van der Waals surface area contributed by atoms with Gasteiger partial charge in [0.05, 0.1) is 11.5 Å². The largest absolute Gasteiger partial charge is 0.423 e. The highest BCUT2D eigenvalue weighted by atomic mass is 16.4. The lowest BCUT2D eigenvalue weighted by atomic mass is 9.96. The predicted molar refractivity (Wildman–Crippen MR) is 68.2 cm³/mol. The van der Waals surface area contributed by atoms with Crippen molar-refractivity contribution in [2.75, 3.05) is 7.05 Å². The Morgan fingerprint density at radius 1 is 1.22 bits per heavy atom. The summed E-state index contributed by atoms with van der Waals surface area (Å²) >= 11 is 0. The Bertz CT molecular complexity index is 531. The van der Waals surface area contributed by atoms with Crippen LogP contribution in [0.2, 0.25) is 0 Å². The third-order valence-electron chi connectivity index (χ3n) is 3.73. The summed E-state index contributed by atoms with van der Waals surface area (Å²) in [6.07, 6.45) is 2.18. The number of nitrogens with zero attached hydrogens (tertiary/aromatic N) is 2. The van der Waals surface area contributed by atoms with Crippen molar-refractivity contribution in [2.45, 2.75) is 31.2 Å². The van der Waals surface area contributed by atoms with Crippen molar-refractivity contribution < 1.29 is 4.42 Å². The van der Waals surface area contributed by atoms with E-state index in [4.69, 9.17) is 4.42 Å². The fourth-order valence-electron chi connectivity index (χ4n) is 2.23. The molecule has 1 fully saturated rings. The summed E-state index contributed by atoms with van der Waals surface area (Å²) in [4.78, 5) is 0. The van der Waals surface area contributed by atoms with Gasteiger partial charge in [0, 0.05) is 0 Å². The highest BCUT2D eigenvalue weighted by Crippen LogP contribution is 2.52. The average Bonchev–Trinajstić information content (AvgIpc) is 3.10. The first-order valence-electron chi connectivity index (χ1n) is 6.33. The van der Waals surface area contributed by atoms with E-state index >= 15 is 0 Å². The molecule has 0 spiro atoms. The van der Waals surface area contributed by atoms with E-state index in [-0.39, 0.29) is 11.5 Å². The zero-order valence-corrected chi connectivity index (χ0v) is 10.7. The summed E-state index contributed by atoms with van der Waals surface area (Å²) in [5.74, 6) is 1.42. The number of benzene rings is 1. The normalized spacial score (nSPS) is 18.6. The molecule has 1 aromatic heterocycles. The van der Waals surface area contributed by atoms with Crippen LogP contribution in [0.15, 0.2) is 34.7 Å². The third kappa shape index (κ3) is 1.73. The quantitative estimate of drug-likeness (QED) is 0.896. The van der Waals surface area contributed by atoms with Crippen LogP contribution in [0.5, 0.6) is 0 Å². The van der Waals surface area contributed by atoms with Gasteiger partial charge in [-0.3, -0.25) is 0 Å². The van der Waals surface area contributed by atoms with Gasteiger partial charge >= 0.3 is 0 Å². The molecule has 1 heterocycles. The van der Waals surface area contributed by atoms with Crippen LogP contribution < -0.4 is 5.32 Å². The highest BCUT2D eigenvalue weighted by Gasteiger charge is 2.50. The molecule has 1 N–H and O–H groups in total. The summed E-state index contributed by atoms with van der Waals surface area (Å²) in [5.41, 5.74) is 1.25. The van der Waals surface area contributed by atoms with Gasteiger partial charge in [0.1, 0.15) is 0 Å². The maximum atomic E-state index is 5.83. The van der Waals surface area contributed by atoms with Crippen molar-refractivity contribution in [3.8, 4) is 0 Å². The fraction of sp³-hybridized carbons (Fsp3) is 0.429. The predicted octanol–water partition coefficient (Wildman–Crippen LogP) is 2.43. The zero-order valence-electron chi connectivity index (χ0n) is 10.7. The third-order valence-corrected chi connectivity index (χ3v) is 3.73. The molecule has 3 rings (SSSR count). The van der Waals surface area contributed by atoms with Gasteiger partial charge in [-0.25, -0.2) is 0 Å². The molecule has 94 valence electrons. The van der Waals surface area contributed by atoms with Gasteiger partial charge in [0.25, 0.3) is 0 Å². The molecule has 1 unspecified atom stereocenters. The topological polar surface area (TPSA) is 51.0 Å². The smallest absolute Gasteiger partial charge is 0.233 e. The molecule has 0 saturated heterocycles. The summed E-state index contributed by atoms with van der Waals surface area (Å²) in [5, 5.41) is 11.5. The SMILES string of the molecule is CNC(C)c1nnc(C2(c3ccccc3)CC2)o1. The molecule has 2 aromatic rings. The molecular formula is C14H17N3O. The minimum absolute atomic E-state index is 0.0278. The second kappa shape index (κ2) is 4.21. The lowest BCUT2D eigenvalue weighted by molar-refractivity contribution is 0.389. The van der Waals surface area contributed by atoms with Crippen molar-refractivity contribution in [1.29, 1.82) is 0 Å². The van der Waals surface area contributed by atoms with E-state index in [1.54, 1.807) is 0 Å². The number of hydrogen-bond donors (Lipinski definition) is 1. The molecule has 0 radical (unpaired) electrons. The van der Waals surface area contributed by atoms with Gasteiger partial charge in [0.15, 0.2) is 0 Å². The molecule has 1 aliphatic carbocycles. The first-order chi connectivity index (χ1) is 8.76. The van der Waals surface area contributed by atoms with Crippen LogP contribution in [0.3, 0.4) is 0 Å². The Kier molecular flexibility index (Phi) is 2.67. The Labute approximate surface area is 106 Å². The summed E-state index contributed by atoms with van der Waals surface area (Å²) in [7, 11) is 1.89. The molecular weight excluding hydrogens is 226 g/mol. The van der Waals surface area contributed by atoms with Crippen molar-refractivity contribution in [1.82, 2.24) is 15.5 Å². The Morgan fingerprint density at radius 2 is 1.94 bits per heavy atom. The molecule has 1 aliphatic rings. The van der Waals surface area contributed by atoms with Gasteiger partial charge in [-0.1, -0.05) is 30.3 Å². The summed E-state index contributed by atoms with van der Waals surface area (Å²) in [6, 6.07) is 10.5. The van der Waals surface area contributed by atoms with Crippen LogP contribution in [-0.2, 0) is 5.41 Å². The van der Waals surface area contributed by atoms with Gasteiger partial charge < -0.3 is 9.73 Å². The average molecular weight is 243 g/mol. The van der Waals surface area contributed by atoms with E-state index in [0.29, 0.717) is 5.89 Å². The number of aromatic nitrogens is 2. The van der Waals surface area contributed by atoms with Crippen LogP contribution >= 0.6 is 0 Å². The van der Waals surface area contributed by atoms with E-state index in [9.17, 15) is 0 Å². The first kappa shape index (κ1) is 11.4. The molecule has 0 amide bonds. The van der Waals surface area contributed by atoms with Gasteiger partial charge in [-0.15, -0.1) is 10.2 Å². The molecule has 0 bridgehead atoms. The van der Waals surface area contributed by atoms with Crippen molar-refractivity contribution in [3.05, 3.63) is 47.7 Å². The fourth-order valence-corrected chi connectivity index (χ4v) is 2.23. The zero-order chi connectivity index (χ0) is 12.6. The Balaban J connectivity index is 1.93. The second-order valence-electron chi connectivity index (χ2n) is 4.90. The molecule has 4 nitrogen and oxygen atoms in total. The number of hydrogen-bond acceptors (Lipinski definition) is 4. The molecule has 1 saturated carbocycles. The maximum Gasteiger partial charge on any atom is 0.233 e. The van der Waals surface area contributed by atoms with E-state index < -0.39 is 0 Å². The maximum absolute atomic E-state index is 5.83. The van der Waals surface area contributed by atoms with Crippen LogP contribution in [0.4, 0.5) is 0 Å². The van der Waals surface area contributed by atoms with Gasteiger partial charge in [-0.05, 0) is 32.4 Å². The lowest BCUT2D eigenvalue weighted by Crippen LogP contribution is -2.12. The lowest BCUT2D eigenvalue weighted by Gasteiger charge is -2.10. The molecule has 1 atom stereocenters. The van der Waals surface area contributed by atoms with E-state index in [0.717, 1.165) is 18.7 Å². The van der Waals surface area contributed by atoms with Crippen LogP contribution in [0.1, 0.15) is 43.2 Å². The Hall–Kier alpha value is -1.68. The van der Waals surface area contributed by atoms with E-state index in [1.165, 1.54) is 5.56 Å². The molecule has 1 aromatic carbocycles. The number of rotatable bonds is 4. The minimum atomic E-state index is -0.0278. The molecule has 0 aliphatic heterocycles. The monoisotopic (exact) mass is 243 g/mol. The summed E-state index contributed by atoms with van der Waals surface area (Å²) in [6.45, 7) is 2.01. The number of nitrogens with one attached hydrogen (secondary N) is 1. The molecule has 4 heteroatoms. The van der Waals surface area contributed by atoms with Gasteiger partial charge in [-0.2, -0.15) is 0 Å². The van der Waals surface area contributed by atoms with Crippen molar-refractivity contribution in [2.24, 2.45) is 0 Å². The van der Waals surface area contributed by atoms with Crippen LogP contribution in [-0.4, -0.2) is 17.2 Å². The standard InChI is InChI=1S/C14H17N3O/c1-10(15-2)12-16-17-13(18-12)14(8-9-14)11-6-4-3-5-7-11/h3-7,10,15H,8-9H2,1-2H3. The first-order valence-corrected chi connectivity index (χ1v) is 6.33. The van der Waals surface area contributed by atoms with Gasteiger partial charge in [0.2, 0.25) is 11.8 Å². The van der Waals surface area contributed by atoms with E-state index in [1.807, 2.05) is 20.0 Å². The highest BCUT2D eigenvalue weighted by molar-refractivity contribution is 5.37. The van der Waals surface area contributed by atoms with E-state index in [2.05, 4.69) is 39.8 Å². The second-order valence-corrected chi connectivity index (χ2v) is 4.90. The minimum Gasteiger partial charge on any atom is -0.423 e.